The van der Waals surface area contributed by atoms with Crippen molar-refractivity contribution >= 4 is 32.8 Å². The number of halogens is 4. The Bertz CT molecular complexity index is 1500. The van der Waals surface area contributed by atoms with E-state index in [1.54, 1.807) is 4.90 Å². The molecular formula is C25H25F4N7OS. The van der Waals surface area contributed by atoms with Crippen molar-refractivity contribution in [2.45, 2.75) is 44.2 Å². The van der Waals surface area contributed by atoms with E-state index in [1.165, 1.54) is 11.3 Å². The molecule has 1 aliphatic heterocycles. The Morgan fingerprint density at radius 1 is 1.11 bits per heavy atom. The van der Waals surface area contributed by atoms with Gasteiger partial charge < -0.3 is 14.5 Å². The Morgan fingerprint density at radius 2 is 1.89 bits per heavy atom. The molecule has 38 heavy (non-hydrogen) atoms. The molecule has 1 aromatic carbocycles. The number of nitrogens with zero attached hydrogens (tertiary/aromatic N) is 7. The second-order valence-electron chi connectivity index (χ2n) is 9.93. The third-order valence-corrected chi connectivity index (χ3v) is 7.84. The highest BCUT2D eigenvalue weighted by atomic mass is 32.1. The van der Waals surface area contributed by atoms with Crippen LogP contribution in [0.4, 0.5) is 28.6 Å². The smallest absolute Gasteiger partial charge is 0.367 e. The molecule has 0 spiro atoms. The van der Waals surface area contributed by atoms with E-state index in [1.807, 2.05) is 43.0 Å². The monoisotopic (exact) mass is 547 g/mol. The quantitative estimate of drug-likeness (QED) is 0.307. The van der Waals surface area contributed by atoms with Gasteiger partial charge in [0.05, 0.1) is 36.1 Å². The molecule has 0 N–H and O–H groups in total. The molecule has 1 saturated carbocycles. The van der Waals surface area contributed by atoms with Gasteiger partial charge in [-0.15, -0.1) is 0 Å². The molecule has 2 atom stereocenters. The van der Waals surface area contributed by atoms with Crippen LogP contribution in [0.5, 0.6) is 0 Å². The van der Waals surface area contributed by atoms with E-state index in [4.69, 9.17) is 9.72 Å². The Morgan fingerprint density at radius 3 is 2.58 bits per heavy atom. The van der Waals surface area contributed by atoms with Crippen molar-refractivity contribution in [3.63, 3.8) is 0 Å². The third-order valence-electron chi connectivity index (χ3n) is 6.62. The lowest BCUT2D eigenvalue weighted by atomic mass is 10.1. The molecule has 1 saturated heterocycles. The second kappa shape index (κ2) is 9.16. The predicted molar refractivity (Wildman–Crippen MR) is 136 cm³/mol. The SMILES string of the molecule is C[C@H]1CN(c2nc(-c3ccc(C(F)(F)F)cc3F)c3sc(N(C)C)nc3n2)C[C@H](c2cnn(C3CC3)c2)O1. The fourth-order valence-corrected chi connectivity index (χ4v) is 5.49. The topological polar surface area (TPSA) is 72.2 Å². The van der Waals surface area contributed by atoms with E-state index in [2.05, 4.69) is 15.1 Å². The Labute approximate surface area is 219 Å². The van der Waals surface area contributed by atoms with Gasteiger partial charge in [-0.1, -0.05) is 11.3 Å². The number of thiazole rings is 1. The van der Waals surface area contributed by atoms with Crippen molar-refractivity contribution in [3.8, 4) is 11.3 Å². The number of anilines is 2. The lowest BCUT2D eigenvalue weighted by Crippen LogP contribution is -2.43. The summed E-state index contributed by atoms with van der Waals surface area (Å²) in [6, 6.07) is 2.93. The van der Waals surface area contributed by atoms with Gasteiger partial charge in [0.25, 0.3) is 0 Å². The van der Waals surface area contributed by atoms with E-state index in [0.717, 1.165) is 30.5 Å². The van der Waals surface area contributed by atoms with Crippen LogP contribution >= 0.6 is 11.3 Å². The van der Waals surface area contributed by atoms with Crippen LogP contribution in [-0.2, 0) is 10.9 Å². The summed E-state index contributed by atoms with van der Waals surface area (Å²) in [6.45, 7) is 2.87. The number of hydrogen-bond donors (Lipinski definition) is 0. The summed E-state index contributed by atoms with van der Waals surface area (Å²) in [5.41, 5.74) is 0.421. The molecule has 0 bridgehead atoms. The normalized spacial score (nSPS) is 20.3. The molecule has 4 heterocycles. The highest BCUT2D eigenvalue weighted by Gasteiger charge is 2.33. The first-order valence-electron chi connectivity index (χ1n) is 12.2. The molecular weight excluding hydrogens is 522 g/mol. The Hall–Kier alpha value is -3.32. The lowest BCUT2D eigenvalue weighted by molar-refractivity contribution is -0.137. The van der Waals surface area contributed by atoms with Gasteiger partial charge in [-0.05, 0) is 38.0 Å². The summed E-state index contributed by atoms with van der Waals surface area (Å²) in [7, 11) is 3.64. The minimum Gasteiger partial charge on any atom is -0.367 e. The molecule has 0 unspecified atom stereocenters. The van der Waals surface area contributed by atoms with E-state index < -0.39 is 17.6 Å². The maximum atomic E-state index is 15.1. The van der Waals surface area contributed by atoms with E-state index in [9.17, 15) is 13.2 Å². The lowest BCUT2D eigenvalue weighted by Gasteiger charge is -2.36. The molecule has 3 aromatic heterocycles. The maximum Gasteiger partial charge on any atom is 0.416 e. The minimum absolute atomic E-state index is 0.0378. The first-order chi connectivity index (χ1) is 18.1. The summed E-state index contributed by atoms with van der Waals surface area (Å²) in [5.74, 6) is -0.691. The average Bonchev–Trinajstić information content (AvgIpc) is 3.42. The van der Waals surface area contributed by atoms with E-state index in [-0.39, 0.29) is 23.5 Å². The van der Waals surface area contributed by atoms with Crippen LogP contribution < -0.4 is 9.80 Å². The molecule has 1 aliphatic carbocycles. The van der Waals surface area contributed by atoms with Gasteiger partial charge in [0, 0.05) is 38.0 Å². The highest BCUT2D eigenvalue weighted by molar-refractivity contribution is 7.22. The van der Waals surface area contributed by atoms with Gasteiger partial charge >= 0.3 is 6.18 Å². The average molecular weight is 548 g/mol. The van der Waals surface area contributed by atoms with Gasteiger partial charge in [0.15, 0.2) is 10.8 Å². The minimum atomic E-state index is -4.65. The van der Waals surface area contributed by atoms with Crippen molar-refractivity contribution in [1.82, 2.24) is 24.7 Å². The first-order valence-corrected chi connectivity index (χ1v) is 13.1. The molecule has 0 amide bonds. The van der Waals surface area contributed by atoms with Gasteiger partial charge in [-0.3, -0.25) is 4.68 Å². The van der Waals surface area contributed by atoms with Gasteiger partial charge in [0.2, 0.25) is 5.95 Å². The number of benzene rings is 1. The third kappa shape index (κ3) is 4.68. The molecule has 200 valence electrons. The molecule has 13 heteroatoms. The van der Waals surface area contributed by atoms with Crippen molar-refractivity contribution in [2.24, 2.45) is 0 Å². The molecule has 2 aliphatic rings. The summed E-state index contributed by atoms with van der Waals surface area (Å²) in [5, 5.41) is 5.10. The number of rotatable bonds is 5. The predicted octanol–water partition coefficient (Wildman–Crippen LogP) is 5.48. The number of ether oxygens (including phenoxy) is 1. The van der Waals surface area contributed by atoms with Crippen molar-refractivity contribution in [1.29, 1.82) is 0 Å². The van der Waals surface area contributed by atoms with Crippen LogP contribution in [0.3, 0.4) is 0 Å². The standard InChI is InChI=1S/C25H25F4N7OS/c1-13-10-35(12-19(37-13)14-9-30-36(11-14)16-5-6-16)23-31-20(21-22(32-23)33-24(38-21)34(2)3)17-7-4-15(8-18(17)26)25(27,28)29/h4,7-9,11,13,16,19H,5-6,10,12H2,1-3H3/t13-,19+/m0/s1. The summed E-state index contributed by atoms with van der Waals surface area (Å²) in [4.78, 5) is 17.7. The fourth-order valence-electron chi connectivity index (χ4n) is 4.56. The summed E-state index contributed by atoms with van der Waals surface area (Å²) in [6.07, 6.45) is 0.983. The molecule has 8 nitrogen and oxygen atoms in total. The van der Waals surface area contributed by atoms with Crippen LogP contribution in [0.15, 0.2) is 30.6 Å². The van der Waals surface area contributed by atoms with Crippen molar-refractivity contribution in [3.05, 3.63) is 47.5 Å². The Balaban J connectivity index is 1.41. The number of fused-ring (bicyclic) bond motifs is 1. The number of aromatic nitrogens is 5. The molecule has 0 radical (unpaired) electrons. The van der Waals surface area contributed by atoms with Crippen LogP contribution in [0.2, 0.25) is 0 Å². The zero-order chi connectivity index (χ0) is 26.8. The number of morpholine rings is 1. The maximum absolute atomic E-state index is 15.1. The number of alkyl halides is 3. The fraction of sp³-hybridized carbons (Fsp3) is 0.440. The summed E-state index contributed by atoms with van der Waals surface area (Å²) >= 11 is 1.26. The van der Waals surface area contributed by atoms with Gasteiger partial charge in [-0.2, -0.15) is 28.2 Å². The van der Waals surface area contributed by atoms with Crippen LogP contribution in [0, 0.1) is 5.82 Å². The van der Waals surface area contributed by atoms with Crippen LogP contribution in [-0.4, -0.2) is 58.0 Å². The number of hydrogen-bond acceptors (Lipinski definition) is 8. The van der Waals surface area contributed by atoms with Gasteiger partial charge in [-0.25, -0.2) is 9.37 Å². The van der Waals surface area contributed by atoms with Crippen molar-refractivity contribution < 1.29 is 22.3 Å². The molecule has 4 aromatic rings. The Kier molecular flexibility index (Phi) is 6.02. The largest absolute Gasteiger partial charge is 0.416 e. The van der Waals surface area contributed by atoms with E-state index >= 15 is 4.39 Å². The van der Waals surface area contributed by atoms with Gasteiger partial charge in [0.1, 0.15) is 16.6 Å². The zero-order valence-electron chi connectivity index (χ0n) is 20.9. The van der Waals surface area contributed by atoms with Crippen LogP contribution in [0.25, 0.3) is 21.6 Å². The molecule has 6 rings (SSSR count). The first kappa shape index (κ1) is 25.0. The highest BCUT2D eigenvalue weighted by Crippen LogP contribution is 2.39. The summed E-state index contributed by atoms with van der Waals surface area (Å²) < 4.78 is 63.3. The second-order valence-corrected chi connectivity index (χ2v) is 10.9. The van der Waals surface area contributed by atoms with E-state index in [0.29, 0.717) is 46.6 Å². The van der Waals surface area contributed by atoms with Crippen molar-refractivity contribution in [2.75, 3.05) is 37.0 Å². The van der Waals surface area contributed by atoms with Crippen LogP contribution in [0.1, 0.15) is 43.0 Å². The molecule has 2 fully saturated rings. The zero-order valence-corrected chi connectivity index (χ0v) is 21.7.